The molecular formula is C20H17N3O5. The van der Waals surface area contributed by atoms with Gasteiger partial charge in [-0.15, -0.1) is 0 Å². The van der Waals surface area contributed by atoms with E-state index in [9.17, 15) is 14.9 Å². The number of benzene rings is 2. The smallest absolute Gasteiger partial charge is 0.359 e. The van der Waals surface area contributed by atoms with E-state index < -0.39 is 10.9 Å². The second kappa shape index (κ2) is 6.80. The summed E-state index contributed by atoms with van der Waals surface area (Å²) in [6.45, 7) is 3.92. The molecule has 0 saturated carbocycles. The van der Waals surface area contributed by atoms with Gasteiger partial charge in [-0.2, -0.15) is 5.10 Å². The number of nitro groups is 1. The van der Waals surface area contributed by atoms with E-state index in [1.807, 2.05) is 24.3 Å². The van der Waals surface area contributed by atoms with Crippen LogP contribution in [0.15, 0.2) is 42.5 Å². The molecule has 8 heteroatoms. The van der Waals surface area contributed by atoms with E-state index in [0.29, 0.717) is 28.1 Å². The number of hydrogen-bond acceptors (Lipinski definition) is 6. The van der Waals surface area contributed by atoms with Gasteiger partial charge in [-0.1, -0.05) is 12.1 Å². The maximum absolute atomic E-state index is 12.6. The first-order chi connectivity index (χ1) is 13.5. The number of fused-ring (bicyclic) bond motifs is 3. The Bertz CT molecular complexity index is 1100. The van der Waals surface area contributed by atoms with E-state index in [1.54, 1.807) is 24.6 Å². The van der Waals surface area contributed by atoms with E-state index >= 15 is 0 Å². The Morgan fingerprint density at radius 3 is 2.82 bits per heavy atom. The molecule has 0 N–H and O–H groups in total. The molecule has 1 aliphatic heterocycles. The van der Waals surface area contributed by atoms with E-state index in [0.717, 1.165) is 5.69 Å². The molecule has 1 aliphatic rings. The number of aryl methyl sites for hydroxylation is 1. The van der Waals surface area contributed by atoms with Gasteiger partial charge in [0.15, 0.2) is 5.69 Å². The predicted octanol–water partition coefficient (Wildman–Crippen LogP) is 3.83. The minimum Gasteiger partial charge on any atom is -0.485 e. The minimum atomic E-state index is -0.547. The zero-order chi connectivity index (χ0) is 19.8. The molecule has 0 fully saturated rings. The Balaban J connectivity index is 1.96. The molecule has 0 bridgehead atoms. The van der Waals surface area contributed by atoms with Gasteiger partial charge >= 0.3 is 5.97 Å². The molecule has 0 spiro atoms. The van der Waals surface area contributed by atoms with E-state index in [2.05, 4.69) is 5.10 Å². The van der Waals surface area contributed by atoms with Crippen molar-refractivity contribution in [3.63, 3.8) is 0 Å². The fraction of sp³-hybridized carbons (Fsp3) is 0.200. The highest BCUT2D eigenvalue weighted by molar-refractivity contribution is 5.97. The van der Waals surface area contributed by atoms with E-state index in [4.69, 9.17) is 9.47 Å². The number of nitro benzene ring substituents is 1. The molecule has 0 unspecified atom stereocenters. The van der Waals surface area contributed by atoms with Crippen molar-refractivity contribution in [3.05, 3.63) is 69.5 Å². The highest BCUT2D eigenvalue weighted by atomic mass is 16.6. The highest BCUT2D eigenvalue weighted by Crippen LogP contribution is 2.38. The number of rotatable bonds is 4. The van der Waals surface area contributed by atoms with Crippen LogP contribution in [0, 0.1) is 17.0 Å². The molecule has 0 aliphatic carbocycles. The van der Waals surface area contributed by atoms with E-state index in [-0.39, 0.29) is 24.6 Å². The van der Waals surface area contributed by atoms with Gasteiger partial charge in [0.2, 0.25) is 0 Å². The van der Waals surface area contributed by atoms with Crippen LogP contribution in [0.5, 0.6) is 5.75 Å². The molecule has 1 aromatic heterocycles. The van der Waals surface area contributed by atoms with Gasteiger partial charge in [0.25, 0.3) is 5.69 Å². The lowest BCUT2D eigenvalue weighted by Crippen LogP contribution is -2.13. The Kier molecular flexibility index (Phi) is 4.31. The lowest BCUT2D eigenvalue weighted by atomic mass is 9.97. The Hall–Kier alpha value is -3.68. The van der Waals surface area contributed by atoms with Gasteiger partial charge in [0.05, 0.1) is 17.2 Å². The molecule has 0 saturated heterocycles. The number of aromatic nitrogens is 2. The van der Waals surface area contributed by atoms with Crippen LogP contribution < -0.4 is 4.74 Å². The molecule has 28 heavy (non-hydrogen) atoms. The van der Waals surface area contributed by atoms with Gasteiger partial charge < -0.3 is 9.47 Å². The summed E-state index contributed by atoms with van der Waals surface area (Å²) in [4.78, 5) is 23.2. The van der Waals surface area contributed by atoms with Crippen LogP contribution in [-0.2, 0) is 11.3 Å². The second-order valence-electron chi connectivity index (χ2n) is 6.32. The van der Waals surface area contributed by atoms with Crippen molar-refractivity contribution in [2.24, 2.45) is 0 Å². The number of carbonyl (C=O) groups is 1. The van der Waals surface area contributed by atoms with Gasteiger partial charge in [-0.05, 0) is 43.2 Å². The summed E-state index contributed by atoms with van der Waals surface area (Å²) in [6.07, 6.45) is 0. The van der Waals surface area contributed by atoms with Crippen LogP contribution in [-0.4, -0.2) is 27.3 Å². The zero-order valence-corrected chi connectivity index (χ0v) is 15.3. The fourth-order valence-corrected chi connectivity index (χ4v) is 3.35. The average molecular weight is 379 g/mol. The Morgan fingerprint density at radius 2 is 2.11 bits per heavy atom. The largest absolute Gasteiger partial charge is 0.485 e. The molecule has 3 aromatic rings. The van der Waals surface area contributed by atoms with Crippen LogP contribution >= 0.6 is 0 Å². The normalized spacial score (nSPS) is 11.9. The van der Waals surface area contributed by atoms with Gasteiger partial charge in [-0.3, -0.25) is 10.1 Å². The van der Waals surface area contributed by atoms with Crippen LogP contribution in [0.3, 0.4) is 0 Å². The van der Waals surface area contributed by atoms with Crippen molar-refractivity contribution in [1.82, 2.24) is 9.78 Å². The zero-order valence-electron chi connectivity index (χ0n) is 15.3. The molecule has 142 valence electrons. The number of ether oxygens (including phenoxy) is 2. The Morgan fingerprint density at radius 1 is 1.32 bits per heavy atom. The summed E-state index contributed by atoms with van der Waals surface area (Å²) < 4.78 is 12.7. The minimum absolute atomic E-state index is 0.0124. The van der Waals surface area contributed by atoms with Crippen LogP contribution in [0.4, 0.5) is 5.69 Å². The van der Waals surface area contributed by atoms with Crippen molar-refractivity contribution in [2.45, 2.75) is 20.5 Å². The maximum Gasteiger partial charge on any atom is 0.359 e. The van der Waals surface area contributed by atoms with Crippen molar-refractivity contribution < 1.29 is 19.2 Å². The third kappa shape index (κ3) is 2.79. The van der Waals surface area contributed by atoms with E-state index in [1.165, 1.54) is 12.1 Å². The molecule has 0 atom stereocenters. The lowest BCUT2D eigenvalue weighted by Gasteiger charge is -2.20. The third-order valence-electron chi connectivity index (χ3n) is 4.60. The van der Waals surface area contributed by atoms with Crippen molar-refractivity contribution in [2.75, 3.05) is 6.61 Å². The number of esters is 1. The van der Waals surface area contributed by atoms with Crippen molar-refractivity contribution in [1.29, 1.82) is 0 Å². The molecule has 0 amide bonds. The molecule has 0 radical (unpaired) electrons. The maximum atomic E-state index is 12.6. The van der Waals surface area contributed by atoms with Gasteiger partial charge in [-0.25, -0.2) is 9.48 Å². The summed E-state index contributed by atoms with van der Waals surface area (Å²) in [7, 11) is 0. The summed E-state index contributed by atoms with van der Waals surface area (Å²) in [5.41, 5.74) is 3.47. The number of para-hydroxylation sites is 2. The first kappa shape index (κ1) is 17.7. The number of nitrogens with zero attached hydrogens (tertiary/aromatic N) is 3. The molecule has 2 aromatic carbocycles. The first-order valence-corrected chi connectivity index (χ1v) is 8.78. The third-order valence-corrected chi connectivity index (χ3v) is 4.60. The summed E-state index contributed by atoms with van der Waals surface area (Å²) >= 11 is 0. The highest BCUT2D eigenvalue weighted by Gasteiger charge is 2.30. The fourth-order valence-electron chi connectivity index (χ4n) is 3.35. The topological polar surface area (TPSA) is 96.5 Å². The number of non-ortho nitro benzene ring substituents is 1. The SMILES string of the molecule is CCOC(=O)c1nn2c(c1-c1ccc([N+](=O)[O-])cc1C)COc1ccccc1-2. The predicted molar refractivity (Wildman–Crippen MR) is 101 cm³/mol. The summed E-state index contributed by atoms with van der Waals surface area (Å²) in [6, 6.07) is 11.9. The first-order valence-electron chi connectivity index (χ1n) is 8.78. The quantitative estimate of drug-likeness (QED) is 0.388. The van der Waals surface area contributed by atoms with Crippen molar-refractivity contribution in [3.8, 4) is 22.6 Å². The number of hydrogen-bond donors (Lipinski definition) is 0. The standard InChI is InChI=1S/C20H17N3O5/c1-3-27-20(24)19-18(14-9-8-13(23(25)26)10-12(14)2)16-11-28-17-7-5-4-6-15(17)22(16)21-19/h4-10H,3,11H2,1-2H3. The summed E-state index contributed by atoms with van der Waals surface area (Å²) in [5, 5.41) is 15.6. The second-order valence-corrected chi connectivity index (χ2v) is 6.32. The monoisotopic (exact) mass is 379 g/mol. The van der Waals surface area contributed by atoms with Crippen LogP contribution in [0.1, 0.15) is 28.7 Å². The van der Waals surface area contributed by atoms with Crippen molar-refractivity contribution >= 4 is 11.7 Å². The van der Waals surface area contributed by atoms with Crippen LogP contribution in [0.2, 0.25) is 0 Å². The molecule has 8 nitrogen and oxygen atoms in total. The molecule has 4 rings (SSSR count). The van der Waals surface area contributed by atoms with Gasteiger partial charge in [0.1, 0.15) is 18.0 Å². The number of carbonyl (C=O) groups excluding carboxylic acids is 1. The Labute approximate surface area is 160 Å². The van der Waals surface area contributed by atoms with Gasteiger partial charge in [0, 0.05) is 17.7 Å². The lowest BCUT2D eigenvalue weighted by molar-refractivity contribution is -0.384. The molecule has 2 heterocycles. The molecular weight excluding hydrogens is 362 g/mol. The average Bonchev–Trinajstić information content (AvgIpc) is 3.08. The summed E-state index contributed by atoms with van der Waals surface area (Å²) in [5.74, 6) is 0.120. The van der Waals surface area contributed by atoms with Crippen LogP contribution in [0.25, 0.3) is 16.8 Å².